The molecule has 0 aliphatic carbocycles. The molecule has 4 heterocycles. The second-order valence-electron chi connectivity index (χ2n) is 18.7. The van der Waals surface area contributed by atoms with E-state index in [0.717, 1.165) is 122 Å². The molecular formula is C59H81ClN6O7S. The standard InChI is InChI=1S/C33H39N5O2.C22H28ClNO3S.C2H6.2CH4O/c1-5-7-11-31(33(40)34-4)38(22-39)30-13-12-28(29-10-8-9-23(3)32(29)30)24-14-16-36(17-15-24)27-18-26-19-35-25(6-2)20-37(26)21-27;1-5-7-17(13-22(2,3)4)24-16-9-6-8-15(12-16)21-19(23)20(27-11-10-25)18(14-26)28-21;3*1-2/h5,8-10,12-13,18-22,24,31H,1,6-7,11,14-17H2,2-4H3,(H,34,40);6,8-10,12,14,17,24H,5,7,11,13H2,1-4H3;1-2H3;2*2H,1H3. The zero-order valence-corrected chi connectivity index (χ0v) is 47.1. The minimum atomic E-state index is -0.598. The Morgan fingerprint density at radius 3 is 2.31 bits per heavy atom. The summed E-state index contributed by atoms with van der Waals surface area (Å²) in [6, 6.07) is 20.6. The lowest BCUT2D eigenvalue weighted by molar-refractivity contribution is -0.123. The molecule has 1 aliphatic rings. The lowest BCUT2D eigenvalue weighted by atomic mass is 9.85. The minimum Gasteiger partial charge on any atom is -0.483 e. The Kier molecular flexibility index (Phi) is 26.6. The number of fused-ring (bicyclic) bond motifs is 2. The molecule has 402 valence electrons. The number of thiophene rings is 1. The van der Waals surface area contributed by atoms with E-state index in [0.29, 0.717) is 47.3 Å². The summed E-state index contributed by atoms with van der Waals surface area (Å²) >= 11 is 7.73. The Balaban J connectivity index is 0.000000374. The van der Waals surface area contributed by atoms with Crippen molar-refractivity contribution in [1.29, 1.82) is 0 Å². The van der Waals surface area contributed by atoms with Gasteiger partial charge in [-0.1, -0.05) is 109 Å². The number of ether oxygens (including phenoxy) is 1. The summed E-state index contributed by atoms with van der Waals surface area (Å²) in [5.41, 5.74) is 8.82. The average Bonchev–Trinajstić information content (AvgIpc) is 4.00. The fraction of sp³-hybridized carbons (Fsp3) is 0.441. The first-order valence-electron chi connectivity index (χ1n) is 25.7. The van der Waals surface area contributed by atoms with Gasteiger partial charge in [-0.25, -0.2) is 0 Å². The monoisotopic (exact) mass is 1050 g/mol. The molecule has 3 aromatic heterocycles. The number of amides is 2. The first-order chi connectivity index (χ1) is 35.8. The lowest BCUT2D eigenvalue weighted by Gasteiger charge is -2.34. The summed E-state index contributed by atoms with van der Waals surface area (Å²) in [7, 11) is 3.61. The van der Waals surface area contributed by atoms with Crippen molar-refractivity contribution in [3.63, 3.8) is 0 Å². The summed E-state index contributed by atoms with van der Waals surface area (Å²) in [6.45, 7) is 22.8. The van der Waals surface area contributed by atoms with Crippen molar-refractivity contribution in [3.05, 3.63) is 119 Å². The number of benzene rings is 3. The number of piperidine rings is 1. The van der Waals surface area contributed by atoms with Crippen LogP contribution in [0, 0.1) is 12.3 Å². The SMILES string of the molecule is C=CCCC(C(=O)NC)N(C=O)c1ccc(C2CCN(c3cc4cnc(CC)cn4c3)CC2)c2cccc(C)c12.CC.CCCC(CC(C)(C)C)Nc1cccc(-c2sc(C=O)c(OCC=O)c2Cl)c1.CO.CO. The Morgan fingerprint density at radius 2 is 1.70 bits per heavy atom. The van der Waals surface area contributed by atoms with Gasteiger partial charge in [0.05, 0.1) is 33.7 Å². The van der Waals surface area contributed by atoms with E-state index in [4.69, 9.17) is 26.6 Å². The Labute approximate surface area is 449 Å². The Bertz CT molecular complexity index is 2710. The third-order valence-corrected chi connectivity index (χ3v) is 14.2. The van der Waals surface area contributed by atoms with E-state index in [-0.39, 0.29) is 23.7 Å². The molecule has 2 amide bonds. The van der Waals surface area contributed by atoms with Gasteiger partial charge in [0.15, 0.2) is 18.3 Å². The first kappa shape index (κ1) is 62.2. The van der Waals surface area contributed by atoms with Crippen LogP contribution in [-0.2, 0) is 20.8 Å². The summed E-state index contributed by atoms with van der Waals surface area (Å²) in [6.07, 6.45) is 17.7. The minimum absolute atomic E-state index is 0.135. The molecule has 74 heavy (non-hydrogen) atoms. The first-order valence-corrected chi connectivity index (χ1v) is 26.9. The van der Waals surface area contributed by atoms with Crippen LogP contribution >= 0.6 is 22.9 Å². The summed E-state index contributed by atoms with van der Waals surface area (Å²) in [4.78, 5) is 57.0. The van der Waals surface area contributed by atoms with E-state index >= 15 is 0 Å². The number of anilines is 3. The zero-order valence-electron chi connectivity index (χ0n) is 45.5. The molecule has 3 aromatic carbocycles. The van der Waals surface area contributed by atoms with E-state index in [1.807, 2.05) is 50.4 Å². The van der Waals surface area contributed by atoms with Gasteiger partial charge < -0.3 is 39.8 Å². The predicted octanol–water partition coefficient (Wildman–Crippen LogP) is 12.5. The molecule has 13 nitrogen and oxygen atoms in total. The molecule has 6 aromatic rings. The van der Waals surface area contributed by atoms with Crippen molar-refractivity contribution >= 4 is 81.2 Å². The second-order valence-corrected chi connectivity index (χ2v) is 20.1. The number of halogens is 1. The number of rotatable bonds is 20. The van der Waals surface area contributed by atoms with Crippen molar-refractivity contribution < 1.29 is 34.1 Å². The van der Waals surface area contributed by atoms with Crippen LogP contribution in [0.4, 0.5) is 17.1 Å². The normalized spacial score (nSPS) is 13.0. The number of carbonyl (C=O) groups is 4. The van der Waals surface area contributed by atoms with Gasteiger partial charge in [-0.2, -0.15) is 0 Å². The van der Waals surface area contributed by atoms with Gasteiger partial charge in [0.25, 0.3) is 0 Å². The number of allylic oxidation sites excluding steroid dienone is 1. The van der Waals surface area contributed by atoms with Gasteiger partial charge in [0.1, 0.15) is 22.5 Å². The second kappa shape index (κ2) is 31.6. The average molecular weight is 1050 g/mol. The van der Waals surface area contributed by atoms with Gasteiger partial charge in [-0.15, -0.1) is 17.9 Å². The highest BCUT2D eigenvalue weighted by atomic mass is 35.5. The highest BCUT2D eigenvalue weighted by Crippen LogP contribution is 2.45. The van der Waals surface area contributed by atoms with E-state index in [2.05, 4.69) is 116 Å². The topological polar surface area (TPSA) is 166 Å². The van der Waals surface area contributed by atoms with Crippen molar-refractivity contribution in [2.75, 3.05) is 56.1 Å². The highest BCUT2D eigenvalue weighted by Gasteiger charge is 2.29. The van der Waals surface area contributed by atoms with Crippen LogP contribution in [0.2, 0.25) is 5.02 Å². The smallest absolute Gasteiger partial charge is 0.242 e. The number of aromatic nitrogens is 2. The van der Waals surface area contributed by atoms with E-state index in [1.54, 1.807) is 18.0 Å². The van der Waals surface area contributed by atoms with Crippen LogP contribution < -0.4 is 25.2 Å². The quantitative estimate of drug-likeness (QED) is 0.0427. The summed E-state index contributed by atoms with van der Waals surface area (Å²) < 4.78 is 7.54. The molecule has 2 atom stereocenters. The maximum atomic E-state index is 12.8. The number of aliphatic hydroxyl groups is 2. The van der Waals surface area contributed by atoms with Gasteiger partial charge >= 0.3 is 0 Å². The molecule has 0 spiro atoms. The van der Waals surface area contributed by atoms with Crippen LogP contribution in [0.3, 0.4) is 0 Å². The summed E-state index contributed by atoms with van der Waals surface area (Å²) in [5, 5.41) is 23.0. The number of aldehydes is 2. The van der Waals surface area contributed by atoms with Gasteiger partial charge in [-0.05, 0) is 110 Å². The van der Waals surface area contributed by atoms with Crippen LogP contribution in [0.5, 0.6) is 5.75 Å². The van der Waals surface area contributed by atoms with Crippen LogP contribution in [-0.4, -0.2) is 97.5 Å². The molecule has 0 bridgehead atoms. The number of nitrogens with one attached hydrogen (secondary N) is 2. The molecule has 1 aliphatic heterocycles. The van der Waals surface area contributed by atoms with Crippen LogP contribution in [0.1, 0.15) is 126 Å². The molecule has 1 saturated heterocycles. The van der Waals surface area contributed by atoms with Crippen LogP contribution in [0.25, 0.3) is 26.7 Å². The maximum Gasteiger partial charge on any atom is 0.242 e. The molecule has 4 N–H and O–H groups in total. The van der Waals surface area contributed by atoms with Gasteiger partial charge in [0.2, 0.25) is 12.3 Å². The molecule has 2 unspecified atom stereocenters. The third kappa shape index (κ3) is 16.5. The lowest BCUT2D eigenvalue weighted by Crippen LogP contribution is -2.45. The van der Waals surface area contributed by atoms with E-state index in [1.165, 1.54) is 22.6 Å². The van der Waals surface area contributed by atoms with E-state index in [9.17, 15) is 19.2 Å². The van der Waals surface area contributed by atoms with Crippen molar-refractivity contribution in [2.24, 2.45) is 5.41 Å². The fourth-order valence-corrected chi connectivity index (χ4v) is 10.8. The number of carbonyl (C=O) groups excluding carboxylic acids is 4. The molecule has 0 saturated carbocycles. The van der Waals surface area contributed by atoms with Crippen molar-refractivity contribution in [3.8, 4) is 16.2 Å². The number of likely N-dealkylation sites (N-methyl/N-ethyl adjacent to an activating group) is 1. The molecule has 0 radical (unpaired) electrons. The van der Waals surface area contributed by atoms with Crippen molar-refractivity contribution in [2.45, 2.75) is 125 Å². The fourth-order valence-electron chi connectivity index (χ4n) is 9.37. The Morgan fingerprint density at radius 1 is 1.00 bits per heavy atom. The van der Waals surface area contributed by atoms with Gasteiger partial charge in [0, 0.05) is 63.9 Å². The number of hydrogen-bond acceptors (Lipinski definition) is 11. The predicted molar refractivity (Wildman–Crippen MR) is 309 cm³/mol. The molecular weight excluding hydrogens is 972 g/mol. The number of nitrogens with zero attached hydrogens (tertiary/aromatic N) is 4. The number of aryl methyl sites for hydroxylation is 2. The van der Waals surface area contributed by atoms with Crippen molar-refractivity contribution in [1.82, 2.24) is 14.7 Å². The van der Waals surface area contributed by atoms with E-state index < -0.39 is 6.04 Å². The zero-order chi connectivity index (χ0) is 55.0. The molecule has 15 heteroatoms. The maximum absolute atomic E-state index is 12.8. The van der Waals surface area contributed by atoms with Gasteiger partial charge in [-0.3, -0.25) is 24.2 Å². The van der Waals surface area contributed by atoms with Crippen LogP contribution in [0.15, 0.2) is 91.9 Å². The largest absolute Gasteiger partial charge is 0.483 e. The highest BCUT2D eigenvalue weighted by molar-refractivity contribution is 7.18. The molecule has 7 rings (SSSR count). The number of aliphatic hydroxyl groups excluding tert-OH is 2. The third-order valence-electron chi connectivity index (χ3n) is 12.6. The Hall–Kier alpha value is -6.06. The number of hydrogen-bond donors (Lipinski definition) is 4. The molecule has 1 fully saturated rings. The summed E-state index contributed by atoms with van der Waals surface area (Å²) in [5.74, 6) is 0.520.